The number of terminal acetylenes is 1. The summed E-state index contributed by atoms with van der Waals surface area (Å²) >= 11 is 0. The topological polar surface area (TPSA) is 49.2 Å². The van der Waals surface area contributed by atoms with Crippen LogP contribution in [-0.4, -0.2) is 41.5 Å². The minimum absolute atomic E-state index is 0.322. The van der Waals surface area contributed by atoms with Gasteiger partial charge in [0.25, 0.3) is 0 Å². The maximum absolute atomic E-state index is 5.44. The molecule has 0 spiro atoms. The molecule has 0 bridgehead atoms. The summed E-state index contributed by atoms with van der Waals surface area (Å²) in [7, 11) is 1.69. The smallest absolute Gasteiger partial charge is 0.112 e. The summed E-state index contributed by atoms with van der Waals surface area (Å²) in [6, 6.07) is 8.09. The molecular weight excluding hydrogens is 290 g/mol. The van der Waals surface area contributed by atoms with E-state index in [1.807, 2.05) is 24.4 Å². The van der Waals surface area contributed by atoms with Crippen LogP contribution >= 0.6 is 0 Å². The van der Waals surface area contributed by atoms with Crippen molar-refractivity contribution >= 4 is 21.9 Å². The summed E-state index contributed by atoms with van der Waals surface area (Å²) < 4.78 is 12.8. The van der Waals surface area contributed by atoms with Gasteiger partial charge in [-0.05, 0) is 6.07 Å². The van der Waals surface area contributed by atoms with Crippen molar-refractivity contribution in [3.63, 3.8) is 0 Å². The lowest BCUT2D eigenvalue weighted by molar-refractivity contribution is 0.156. The third kappa shape index (κ3) is 3.19. The van der Waals surface area contributed by atoms with Crippen molar-refractivity contribution in [2.24, 2.45) is 0 Å². The number of pyridine rings is 1. The molecule has 0 fully saturated rings. The monoisotopic (exact) mass is 309 g/mol. The predicted molar refractivity (Wildman–Crippen MR) is 90.3 cm³/mol. The molecule has 0 saturated carbocycles. The van der Waals surface area contributed by atoms with Crippen LogP contribution in [0.2, 0.25) is 0 Å². The van der Waals surface area contributed by atoms with Crippen molar-refractivity contribution in [1.82, 2.24) is 14.5 Å². The summed E-state index contributed by atoms with van der Waals surface area (Å²) in [5, 5.41) is 1.10. The van der Waals surface area contributed by atoms with E-state index < -0.39 is 0 Å². The first kappa shape index (κ1) is 15.5. The molecule has 5 heteroatoms. The van der Waals surface area contributed by atoms with Crippen LogP contribution in [0.25, 0.3) is 21.9 Å². The molecule has 0 radical (unpaired) electrons. The van der Waals surface area contributed by atoms with E-state index in [4.69, 9.17) is 20.9 Å². The molecule has 0 atom stereocenters. The Morgan fingerprint density at radius 1 is 1.22 bits per heavy atom. The van der Waals surface area contributed by atoms with Gasteiger partial charge >= 0.3 is 0 Å². The Morgan fingerprint density at radius 2 is 2.09 bits per heavy atom. The molecule has 0 amide bonds. The molecule has 5 nitrogen and oxygen atoms in total. The Morgan fingerprint density at radius 3 is 2.91 bits per heavy atom. The van der Waals surface area contributed by atoms with E-state index in [0.29, 0.717) is 26.4 Å². The van der Waals surface area contributed by atoms with Crippen molar-refractivity contribution in [2.45, 2.75) is 13.0 Å². The van der Waals surface area contributed by atoms with Gasteiger partial charge in [0.2, 0.25) is 0 Å². The van der Waals surface area contributed by atoms with E-state index in [2.05, 4.69) is 21.5 Å². The average Bonchev–Trinajstić information content (AvgIpc) is 2.95. The fourth-order valence-electron chi connectivity index (χ4n) is 2.72. The number of methoxy groups -OCH3 is 1. The van der Waals surface area contributed by atoms with Crippen LogP contribution in [0.3, 0.4) is 0 Å². The Balaban J connectivity index is 2.06. The fourth-order valence-corrected chi connectivity index (χ4v) is 2.72. The SMILES string of the molecule is C#CCOCCn1c(CCOC)nc2cnc3ccccc3c21. The third-order valence-corrected chi connectivity index (χ3v) is 3.73. The summed E-state index contributed by atoms with van der Waals surface area (Å²) in [5.41, 5.74) is 2.95. The molecule has 0 aliphatic rings. The highest BCUT2D eigenvalue weighted by molar-refractivity contribution is 6.02. The second-order valence-electron chi connectivity index (χ2n) is 5.19. The van der Waals surface area contributed by atoms with Gasteiger partial charge in [-0.15, -0.1) is 6.42 Å². The molecular formula is C18H19N3O2. The molecule has 0 N–H and O–H groups in total. The number of hydrogen-bond acceptors (Lipinski definition) is 4. The zero-order valence-electron chi connectivity index (χ0n) is 13.2. The molecule has 1 aromatic carbocycles. The fraction of sp³-hybridized carbons (Fsp3) is 0.333. The number of rotatable bonds is 7. The minimum Gasteiger partial charge on any atom is -0.384 e. The van der Waals surface area contributed by atoms with E-state index in [-0.39, 0.29) is 0 Å². The van der Waals surface area contributed by atoms with E-state index in [0.717, 1.165) is 34.2 Å². The Kier molecular flexibility index (Phi) is 4.86. The van der Waals surface area contributed by atoms with Crippen LogP contribution in [0.4, 0.5) is 0 Å². The highest BCUT2D eigenvalue weighted by Gasteiger charge is 2.13. The van der Waals surface area contributed by atoms with E-state index in [9.17, 15) is 0 Å². The highest BCUT2D eigenvalue weighted by atomic mass is 16.5. The largest absolute Gasteiger partial charge is 0.384 e. The summed E-state index contributed by atoms with van der Waals surface area (Å²) in [6.45, 7) is 2.19. The molecule has 3 rings (SSSR count). The normalized spacial score (nSPS) is 11.1. The molecule has 0 unspecified atom stereocenters. The van der Waals surface area contributed by atoms with Gasteiger partial charge in [0.1, 0.15) is 17.9 Å². The molecule has 2 aromatic heterocycles. The number of fused-ring (bicyclic) bond motifs is 3. The van der Waals surface area contributed by atoms with Gasteiger partial charge in [0, 0.05) is 25.5 Å². The number of benzene rings is 1. The average molecular weight is 309 g/mol. The second-order valence-corrected chi connectivity index (χ2v) is 5.19. The first-order valence-electron chi connectivity index (χ1n) is 7.58. The standard InChI is InChI=1S/C18H19N3O2/c1-3-10-23-12-9-21-17(8-11-22-2)20-16-13-19-15-7-5-4-6-14(15)18(16)21/h1,4-7,13H,8-12H2,2H3. The van der Waals surface area contributed by atoms with Crippen LogP contribution in [0.5, 0.6) is 0 Å². The van der Waals surface area contributed by atoms with E-state index >= 15 is 0 Å². The van der Waals surface area contributed by atoms with Crippen molar-refractivity contribution in [3.05, 3.63) is 36.3 Å². The van der Waals surface area contributed by atoms with Crippen molar-refractivity contribution in [3.8, 4) is 12.3 Å². The van der Waals surface area contributed by atoms with Gasteiger partial charge in [0.15, 0.2) is 0 Å². The molecule has 2 heterocycles. The van der Waals surface area contributed by atoms with E-state index in [1.165, 1.54) is 0 Å². The lowest BCUT2D eigenvalue weighted by Gasteiger charge is -2.10. The second kappa shape index (κ2) is 7.23. The summed E-state index contributed by atoms with van der Waals surface area (Å²) in [6.07, 6.45) is 7.80. The van der Waals surface area contributed by atoms with E-state index in [1.54, 1.807) is 7.11 Å². The number of nitrogens with zero attached hydrogens (tertiary/aromatic N) is 3. The minimum atomic E-state index is 0.322. The molecule has 3 aromatic rings. The summed E-state index contributed by atoms with van der Waals surface area (Å²) in [5.74, 6) is 3.46. The van der Waals surface area contributed by atoms with Gasteiger partial charge in [-0.1, -0.05) is 24.1 Å². The zero-order chi connectivity index (χ0) is 16.1. The first-order chi connectivity index (χ1) is 11.3. The van der Waals surface area contributed by atoms with Gasteiger partial charge in [0.05, 0.1) is 30.4 Å². The van der Waals surface area contributed by atoms with Gasteiger partial charge in [-0.25, -0.2) is 4.98 Å². The zero-order valence-corrected chi connectivity index (χ0v) is 13.2. The first-order valence-corrected chi connectivity index (χ1v) is 7.58. The molecule has 23 heavy (non-hydrogen) atoms. The highest BCUT2D eigenvalue weighted by Crippen LogP contribution is 2.24. The Hall–Kier alpha value is -2.42. The van der Waals surface area contributed by atoms with Crippen LogP contribution in [0.1, 0.15) is 5.82 Å². The Labute approximate surface area is 135 Å². The molecule has 0 saturated heterocycles. The van der Waals surface area contributed by atoms with Gasteiger partial charge in [-0.2, -0.15) is 0 Å². The Bertz CT molecular complexity index is 848. The van der Waals surface area contributed by atoms with Crippen LogP contribution in [0.15, 0.2) is 30.5 Å². The molecule has 0 aliphatic heterocycles. The van der Waals surface area contributed by atoms with Crippen molar-refractivity contribution < 1.29 is 9.47 Å². The van der Waals surface area contributed by atoms with Gasteiger partial charge in [-0.3, -0.25) is 4.98 Å². The van der Waals surface area contributed by atoms with Crippen LogP contribution in [-0.2, 0) is 22.4 Å². The number of para-hydroxylation sites is 1. The predicted octanol–water partition coefficient (Wildman–Crippen LogP) is 2.42. The number of imidazole rings is 1. The van der Waals surface area contributed by atoms with Crippen molar-refractivity contribution in [1.29, 1.82) is 0 Å². The third-order valence-electron chi connectivity index (χ3n) is 3.73. The lowest BCUT2D eigenvalue weighted by Crippen LogP contribution is -2.11. The van der Waals surface area contributed by atoms with Gasteiger partial charge < -0.3 is 14.0 Å². The quantitative estimate of drug-likeness (QED) is 0.497. The molecule has 118 valence electrons. The maximum Gasteiger partial charge on any atom is 0.112 e. The lowest BCUT2D eigenvalue weighted by atomic mass is 10.2. The van der Waals surface area contributed by atoms with Crippen LogP contribution in [0, 0.1) is 12.3 Å². The number of hydrogen-bond donors (Lipinski definition) is 0. The van der Waals surface area contributed by atoms with Crippen LogP contribution < -0.4 is 0 Å². The maximum atomic E-state index is 5.44. The molecule has 0 aliphatic carbocycles. The number of aromatic nitrogens is 3. The van der Waals surface area contributed by atoms with Crippen molar-refractivity contribution in [2.75, 3.05) is 26.9 Å². The summed E-state index contributed by atoms with van der Waals surface area (Å²) in [4.78, 5) is 9.21. The number of ether oxygens (including phenoxy) is 2.